The molecule has 0 aliphatic carbocycles. The number of hydrogen-bond acceptors (Lipinski definition) is 8. The number of amides is 1. The van der Waals surface area contributed by atoms with E-state index < -0.39 is 40.8 Å². The van der Waals surface area contributed by atoms with Crippen LogP contribution in [-0.4, -0.2) is 72.0 Å². The van der Waals surface area contributed by atoms with Crippen LogP contribution in [0.15, 0.2) is 35.4 Å². The summed E-state index contributed by atoms with van der Waals surface area (Å²) in [5.74, 6) is -0.380. The van der Waals surface area contributed by atoms with E-state index in [1.54, 1.807) is 30.3 Å². The summed E-state index contributed by atoms with van der Waals surface area (Å²) in [6, 6.07) is 7.75. The number of nitrogens with zero attached hydrogens (tertiary/aromatic N) is 3. The Morgan fingerprint density at radius 2 is 2.00 bits per heavy atom. The highest BCUT2D eigenvalue weighted by Crippen LogP contribution is 2.29. The molecule has 0 bridgehead atoms. The van der Waals surface area contributed by atoms with Crippen LogP contribution in [0.25, 0.3) is 10.4 Å². The van der Waals surface area contributed by atoms with Crippen molar-refractivity contribution in [2.24, 2.45) is 5.11 Å². The Kier molecular flexibility index (Phi) is 7.75. The molecule has 12 heteroatoms. The van der Waals surface area contributed by atoms with Crippen LogP contribution in [0.4, 0.5) is 0 Å². The lowest BCUT2D eigenvalue weighted by Gasteiger charge is -2.26. The minimum Gasteiger partial charge on any atom is -0.376 e. The van der Waals surface area contributed by atoms with Crippen LogP contribution < -0.4 is 5.32 Å². The quantitative estimate of drug-likeness (QED) is 0.272. The molecular weight excluding hydrogens is 392 g/mol. The first kappa shape index (κ1) is 22.1. The molecule has 154 valence electrons. The van der Waals surface area contributed by atoms with Gasteiger partial charge >= 0.3 is 0 Å². The fourth-order valence-corrected chi connectivity index (χ4v) is 3.58. The maximum atomic E-state index is 12.5. The molecule has 0 radical (unpaired) electrons. The van der Waals surface area contributed by atoms with Crippen LogP contribution in [0.2, 0.25) is 0 Å². The maximum absolute atomic E-state index is 12.5. The molecule has 1 fully saturated rings. The number of methoxy groups -OCH3 is 2. The molecule has 5 atom stereocenters. The molecule has 1 aromatic carbocycles. The number of hydrogen-bond donors (Lipinski definition) is 1. The zero-order valence-electron chi connectivity index (χ0n) is 15.6. The summed E-state index contributed by atoms with van der Waals surface area (Å²) in [5.41, 5.74) is 9.00. The molecule has 1 aliphatic rings. The zero-order chi connectivity index (χ0) is 20.7. The first-order chi connectivity index (χ1) is 13.3. The third-order valence-corrected chi connectivity index (χ3v) is 4.69. The molecule has 1 aromatic rings. The predicted molar refractivity (Wildman–Crippen MR) is 97.9 cm³/mol. The molecule has 0 aromatic heterocycles. The first-order valence-corrected chi connectivity index (χ1v) is 10.1. The third kappa shape index (κ3) is 5.64. The lowest BCUT2D eigenvalue weighted by Crippen LogP contribution is -2.51. The minimum atomic E-state index is -3.88. The van der Waals surface area contributed by atoms with Gasteiger partial charge < -0.3 is 19.5 Å². The molecule has 28 heavy (non-hydrogen) atoms. The number of carbonyl (C=O) groups is 1. The zero-order valence-corrected chi connectivity index (χ0v) is 16.4. The van der Waals surface area contributed by atoms with Crippen molar-refractivity contribution in [1.82, 2.24) is 5.32 Å². The summed E-state index contributed by atoms with van der Waals surface area (Å²) >= 11 is 0. The summed E-state index contributed by atoms with van der Waals surface area (Å²) in [4.78, 5) is 15.2. The highest BCUT2D eigenvalue weighted by atomic mass is 32.2. The summed E-state index contributed by atoms with van der Waals surface area (Å²) in [6.45, 7) is -0.316. The predicted octanol–water partition coefficient (Wildman–Crippen LogP) is 0.826. The maximum Gasteiger partial charge on any atom is 0.264 e. The molecule has 1 saturated heterocycles. The van der Waals surface area contributed by atoms with Crippen molar-refractivity contribution in [3.63, 3.8) is 0 Å². The van der Waals surface area contributed by atoms with Gasteiger partial charge in [0, 0.05) is 24.7 Å². The standard InChI is InChI=1S/C16H22N4O7S/c1-24-14-12(19-15(21)10-7-5-4-6-8-10)16(25-2)26-13(14)11(9-18-20-17)27-28(3,22)23/h4-8,11-14,16H,9H2,1-3H3,(H,19,21)/t11-,12?,13?,14?,16?/m0/s1. The normalized spacial score (nSPS) is 25.7. The van der Waals surface area contributed by atoms with Gasteiger partial charge in [-0.05, 0) is 17.7 Å². The molecule has 1 aliphatic heterocycles. The largest absolute Gasteiger partial charge is 0.376 e. The van der Waals surface area contributed by atoms with Crippen LogP contribution in [-0.2, 0) is 28.5 Å². The smallest absolute Gasteiger partial charge is 0.264 e. The average Bonchev–Trinajstić information content (AvgIpc) is 3.02. The van der Waals surface area contributed by atoms with E-state index in [9.17, 15) is 13.2 Å². The van der Waals surface area contributed by atoms with E-state index in [4.69, 9.17) is 23.9 Å². The van der Waals surface area contributed by atoms with Gasteiger partial charge in [-0.3, -0.25) is 8.98 Å². The molecule has 11 nitrogen and oxygen atoms in total. The second-order valence-electron chi connectivity index (χ2n) is 6.02. The molecule has 1 heterocycles. The first-order valence-electron chi connectivity index (χ1n) is 8.26. The summed E-state index contributed by atoms with van der Waals surface area (Å²) in [5, 5.41) is 6.16. The Hall–Kier alpha value is -2.21. The van der Waals surface area contributed by atoms with Crippen molar-refractivity contribution in [2.75, 3.05) is 27.0 Å². The van der Waals surface area contributed by atoms with E-state index in [1.165, 1.54) is 14.2 Å². The van der Waals surface area contributed by atoms with E-state index in [2.05, 4.69) is 15.3 Å². The van der Waals surface area contributed by atoms with Gasteiger partial charge in [0.25, 0.3) is 16.0 Å². The van der Waals surface area contributed by atoms with Gasteiger partial charge in [-0.1, -0.05) is 23.3 Å². The van der Waals surface area contributed by atoms with Crippen molar-refractivity contribution in [2.45, 2.75) is 30.6 Å². The van der Waals surface area contributed by atoms with Gasteiger partial charge in [0.05, 0.1) is 12.8 Å². The topological polar surface area (TPSA) is 149 Å². The van der Waals surface area contributed by atoms with Gasteiger partial charge in [-0.15, -0.1) is 0 Å². The number of benzene rings is 1. The molecular formula is C16H22N4O7S. The average molecular weight is 414 g/mol. The molecule has 0 spiro atoms. The van der Waals surface area contributed by atoms with Crippen LogP contribution in [0.1, 0.15) is 10.4 Å². The fraction of sp³-hybridized carbons (Fsp3) is 0.562. The Morgan fingerprint density at radius 1 is 1.32 bits per heavy atom. The third-order valence-electron chi connectivity index (χ3n) is 4.09. The van der Waals surface area contributed by atoms with Crippen LogP contribution >= 0.6 is 0 Å². The Balaban J connectivity index is 2.26. The van der Waals surface area contributed by atoms with E-state index in [0.29, 0.717) is 5.56 Å². The van der Waals surface area contributed by atoms with E-state index in [-0.39, 0.29) is 12.5 Å². The molecule has 1 N–H and O–H groups in total. The van der Waals surface area contributed by atoms with Crippen LogP contribution in [0.3, 0.4) is 0 Å². The molecule has 1 amide bonds. The minimum absolute atomic E-state index is 0.316. The van der Waals surface area contributed by atoms with Crippen LogP contribution in [0, 0.1) is 0 Å². The Labute approximate surface area is 162 Å². The summed E-state index contributed by atoms with van der Waals surface area (Å²) in [6.07, 6.45) is -3.02. The second-order valence-corrected chi connectivity index (χ2v) is 7.62. The summed E-state index contributed by atoms with van der Waals surface area (Å²) < 4.78 is 44.7. The van der Waals surface area contributed by atoms with Gasteiger partial charge in [-0.25, -0.2) is 0 Å². The number of ether oxygens (including phenoxy) is 3. The number of azide groups is 1. The van der Waals surface area contributed by atoms with Gasteiger partial charge in [0.15, 0.2) is 6.29 Å². The Morgan fingerprint density at radius 3 is 2.54 bits per heavy atom. The van der Waals surface area contributed by atoms with Crippen molar-refractivity contribution < 1.29 is 31.6 Å². The SMILES string of the molecule is COC1OC([C@H](CN=[N+]=[N-])OS(C)(=O)=O)C(OC)C1NC(=O)c1ccccc1. The van der Waals surface area contributed by atoms with E-state index in [1.807, 2.05) is 0 Å². The Bertz CT molecular complexity index is 814. The van der Waals surface area contributed by atoms with Gasteiger partial charge in [-0.2, -0.15) is 8.42 Å². The summed E-state index contributed by atoms with van der Waals surface area (Å²) in [7, 11) is -1.12. The van der Waals surface area contributed by atoms with Crippen molar-refractivity contribution in [1.29, 1.82) is 0 Å². The lowest BCUT2D eigenvalue weighted by molar-refractivity contribution is -0.143. The van der Waals surface area contributed by atoms with Crippen molar-refractivity contribution in [3.05, 3.63) is 46.3 Å². The van der Waals surface area contributed by atoms with Gasteiger partial charge in [0.1, 0.15) is 24.4 Å². The molecule has 4 unspecified atom stereocenters. The van der Waals surface area contributed by atoms with Gasteiger partial charge in [0.2, 0.25) is 0 Å². The number of carbonyl (C=O) groups excluding carboxylic acids is 1. The number of nitrogens with one attached hydrogen (secondary N) is 1. The van der Waals surface area contributed by atoms with Crippen molar-refractivity contribution in [3.8, 4) is 0 Å². The van der Waals surface area contributed by atoms with E-state index >= 15 is 0 Å². The highest BCUT2D eigenvalue weighted by molar-refractivity contribution is 7.86. The second kappa shape index (κ2) is 9.82. The lowest BCUT2D eigenvalue weighted by atomic mass is 10.0. The van der Waals surface area contributed by atoms with Crippen molar-refractivity contribution >= 4 is 16.0 Å². The van der Waals surface area contributed by atoms with E-state index in [0.717, 1.165) is 6.26 Å². The molecule has 2 rings (SSSR count). The highest BCUT2D eigenvalue weighted by Gasteiger charge is 2.50. The number of rotatable bonds is 9. The molecule has 0 saturated carbocycles. The van der Waals surface area contributed by atoms with Crippen LogP contribution in [0.5, 0.6) is 0 Å². The monoisotopic (exact) mass is 414 g/mol. The fourth-order valence-electron chi connectivity index (χ4n) is 2.96.